The summed E-state index contributed by atoms with van der Waals surface area (Å²) >= 11 is 0. The van der Waals surface area contributed by atoms with Gasteiger partial charge in [0.05, 0.1) is 12.1 Å². The normalized spacial score (nSPS) is 14.2. The van der Waals surface area contributed by atoms with Crippen LogP contribution in [-0.2, 0) is 4.79 Å². The molecule has 0 heterocycles. The van der Waals surface area contributed by atoms with Gasteiger partial charge in [0.1, 0.15) is 11.6 Å². The number of benzene rings is 1. The van der Waals surface area contributed by atoms with Crippen molar-refractivity contribution in [2.24, 2.45) is 5.73 Å². The summed E-state index contributed by atoms with van der Waals surface area (Å²) in [5, 5.41) is 2.62. The zero-order chi connectivity index (χ0) is 13.0. The molecule has 0 radical (unpaired) electrons. The monoisotopic (exact) mass is 242 g/mol. The molecule has 1 aromatic rings. The summed E-state index contributed by atoms with van der Waals surface area (Å²) in [5.74, 6) is -1.66. The molecule has 3 N–H and O–H groups in total. The lowest BCUT2D eigenvalue weighted by atomic mass is 10.0. The van der Waals surface area contributed by atoms with Crippen LogP contribution in [0, 0.1) is 11.6 Å². The first-order chi connectivity index (χ1) is 7.95. The average Bonchev–Trinajstić information content (AvgIpc) is 2.26. The Morgan fingerprint density at radius 2 is 2.12 bits per heavy atom. The summed E-state index contributed by atoms with van der Waals surface area (Å²) in [6.45, 7) is 3.35. The van der Waals surface area contributed by atoms with Crippen LogP contribution >= 0.6 is 0 Å². The highest BCUT2D eigenvalue weighted by Gasteiger charge is 2.18. The van der Waals surface area contributed by atoms with Crippen LogP contribution in [0.4, 0.5) is 8.78 Å². The molecular formula is C12H16F2N2O. The van der Waals surface area contributed by atoms with Gasteiger partial charge in [-0.05, 0) is 19.4 Å². The molecule has 1 amide bonds. The van der Waals surface area contributed by atoms with Crippen molar-refractivity contribution < 1.29 is 13.6 Å². The zero-order valence-electron chi connectivity index (χ0n) is 9.84. The Hall–Kier alpha value is -1.49. The number of nitrogens with one attached hydrogen (secondary N) is 1. The highest BCUT2D eigenvalue weighted by molar-refractivity contribution is 5.81. The van der Waals surface area contributed by atoms with E-state index in [9.17, 15) is 13.6 Å². The zero-order valence-corrected chi connectivity index (χ0v) is 9.84. The van der Waals surface area contributed by atoms with Crippen LogP contribution in [0.3, 0.4) is 0 Å². The summed E-state index contributed by atoms with van der Waals surface area (Å²) in [6, 6.07) is 2.15. The Bertz CT molecular complexity index is 407. The number of carbonyl (C=O) groups is 1. The van der Waals surface area contributed by atoms with Crippen LogP contribution in [0.2, 0.25) is 0 Å². The van der Waals surface area contributed by atoms with Crippen LogP contribution in [0.15, 0.2) is 18.2 Å². The molecule has 0 aliphatic heterocycles. The Morgan fingerprint density at radius 3 is 2.59 bits per heavy atom. The van der Waals surface area contributed by atoms with E-state index in [2.05, 4.69) is 5.32 Å². The van der Waals surface area contributed by atoms with Crippen molar-refractivity contribution in [1.82, 2.24) is 5.32 Å². The molecule has 2 atom stereocenters. The highest BCUT2D eigenvalue weighted by atomic mass is 19.1. The Kier molecular flexibility index (Phi) is 4.57. The van der Waals surface area contributed by atoms with Gasteiger partial charge in [-0.1, -0.05) is 13.0 Å². The van der Waals surface area contributed by atoms with E-state index in [0.29, 0.717) is 6.42 Å². The van der Waals surface area contributed by atoms with Crippen molar-refractivity contribution >= 4 is 5.91 Å². The third-order valence-electron chi connectivity index (χ3n) is 2.48. The van der Waals surface area contributed by atoms with E-state index in [1.807, 2.05) is 0 Å². The minimum Gasteiger partial charge on any atom is -0.348 e. The Balaban J connectivity index is 2.90. The first-order valence-electron chi connectivity index (χ1n) is 5.46. The second kappa shape index (κ2) is 5.72. The average molecular weight is 242 g/mol. The molecule has 0 aromatic heterocycles. The summed E-state index contributed by atoms with van der Waals surface area (Å²) in [7, 11) is 0. The van der Waals surface area contributed by atoms with Gasteiger partial charge in [-0.3, -0.25) is 4.79 Å². The van der Waals surface area contributed by atoms with Crippen molar-refractivity contribution in [2.45, 2.75) is 32.4 Å². The first kappa shape index (κ1) is 13.6. The van der Waals surface area contributed by atoms with Gasteiger partial charge in [0.15, 0.2) is 0 Å². The summed E-state index contributed by atoms with van der Waals surface area (Å²) in [4.78, 5) is 11.4. The van der Waals surface area contributed by atoms with Gasteiger partial charge in [0.2, 0.25) is 5.91 Å². The van der Waals surface area contributed by atoms with Gasteiger partial charge in [-0.2, -0.15) is 0 Å². The SMILES string of the molecule is CCC(NC(=O)[C@@H](C)N)c1ccc(F)cc1F. The van der Waals surface area contributed by atoms with Gasteiger partial charge in [0, 0.05) is 11.6 Å². The van der Waals surface area contributed by atoms with Crippen LogP contribution in [0.1, 0.15) is 31.9 Å². The maximum atomic E-state index is 13.5. The fourth-order valence-corrected chi connectivity index (χ4v) is 1.49. The topological polar surface area (TPSA) is 55.1 Å². The van der Waals surface area contributed by atoms with Crippen molar-refractivity contribution in [3.8, 4) is 0 Å². The maximum Gasteiger partial charge on any atom is 0.237 e. The number of halogens is 2. The molecule has 17 heavy (non-hydrogen) atoms. The first-order valence-corrected chi connectivity index (χ1v) is 5.46. The second-order valence-corrected chi connectivity index (χ2v) is 3.92. The minimum atomic E-state index is -0.665. The van der Waals surface area contributed by atoms with Crippen molar-refractivity contribution in [1.29, 1.82) is 0 Å². The summed E-state index contributed by atoms with van der Waals surface area (Å²) in [5.41, 5.74) is 5.68. The standard InChI is InChI=1S/C12H16F2N2O/c1-3-11(16-12(17)7(2)15)9-5-4-8(13)6-10(9)14/h4-7,11H,3,15H2,1-2H3,(H,16,17)/t7-,11?/m1/s1. The summed E-state index contributed by atoms with van der Waals surface area (Å²) < 4.78 is 26.3. The molecule has 1 unspecified atom stereocenters. The molecule has 94 valence electrons. The Labute approximate surface area is 99.0 Å². The lowest BCUT2D eigenvalue weighted by molar-refractivity contribution is -0.122. The quantitative estimate of drug-likeness (QED) is 0.847. The van der Waals surface area contributed by atoms with Gasteiger partial charge < -0.3 is 11.1 Å². The number of carbonyl (C=O) groups excluding carboxylic acids is 1. The molecule has 0 spiro atoms. The van der Waals surface area contributed by atoms with E-state index in [4.69, 9.17) is 5.73 Å². The van der Waals surface area contributed by atoms with Crippen LogP contribution in [-0.4, -0.2) is 11.9 Å². The van der Waals surface area contributed by atoms with E-state index in [1.165, 1.54) is 12.1 Å². The second-order valence-electron chi connectivity index (χ2n) is 3.92. The fraction of sp³-hybridized carbons (Fsp3) is 0.417. The number of amides is 1. The molecule has 0 aliphatic carbocycles. The van der Waals surface area contributed by atoms with Gasteiger partial charge >= 0.3 is 0 Å². The van der Waals surface area contributed by atoms with Crippen LogP contribution in [0.25, 0.3) is 0 Å². The van der Waals surface area contributed by atoms with Crippen molar-refractivity contribution in [3.05, 3.63) is 35.4 Å². The smallest absolute Gasteiger partial charge is 0.237 e. The third-order valence-corrected chi connectivity index (χ3v) is 2.48. The van der Waals surface area contributed by atoms with Gasteiger partial charge in [-0.15, -0.1) is 0 Å². The summed E-state index contributed by atoms with van der Waals surface area (Å²) in [6.07, 6.45) is 0.501. The fourth-order valence-electron chi connectivity index (χ4n) is 1.49. The predicted octanol–water partition coefficient (Wildman–Crippen LogP) is 1.88. The molecular weight excluding hydrogens is 226 g/mol. The molecule has 1 aromatic carbocycles. The molecule has 5 heteroatoms. The van der Waals surface area contributed by atoms with E-state index in [1.54, 1.807) is 13.8 Å². The van der Waals surface area contributed by atoms with Crippen molar-refractivity contribution in [2.75, 3.05) is 0 Å². The predicted molar refractivity (Wildman–Crippen MR) is 61.2 cm³/mol. The molecule has 0 saturated heterocycles. The number of hydrogen-bond donors (Lipinski definition) is 2. The Morgan fingerprint density at radius 1 is 1.47 bits per heavy atom. The van der Waals surface area contributed by atoms with E-state index >= 15 is 0 Å². The number of nitrogens with two attached hydrogens (primary N) is 1. The molecule has 0 fully saturated rings. The van der Waals surface area contributed by atoms with Gasteiger partial charge in [-0.25, -0.2) is 8.78 Å². The minimum absolute atomic E-state index is 0.267. The van der Waals surface area contributed by atoms with E-state index in [0.717, 1.165) is 6.07 Å². The molecule has 0 aliphatic rings. The molecule has 1 rings (SSSR count). The number of hydrogen-bond acceptors (Lipinski definition) is 2. The van der Waals surface area contributed by atoms with Crippen LogP contribution in [0.5, 0.6) is 0 Å². The third kappa shape index (κ3) is 3.49. The van der Waals surface area contributed by atoms with Crippen molar-refractivity contribution in [3.63, 3.8) is 0 Å². The highest BCUT2D eigenvalue weighted by Crippen LogP contribution is 2.20. The van der Waals surface area contributed by atoms with E-state index in [-0.39, 0.29) is 11.5 Å². The number of rotatable bonds is 4. The lowest BCUT2D eigenvalue weighted by Crippen LogP contribution is -2.40. The largest absolute Gasteiger partial charge is 0.348 e. The molecule has 0 saturated carbocycles. The lowest BCUT2D eigenvalue weighted by Gasteiger charge is -2.19. The van der Waals surface area contributed by atoms with E-state index < -0.39 is 23.7 Å². The van der Waals surface area contributed by atoms with Crippen LogP contribution < -0.4 is 11.1 Å². The molecule has 0 bridgehead atoms. The molecule has 3 nitrogen and oxygen atoms in total. The maximum absolute atomic E-state index is 13.5. The van der Waals surface area contributed by atoms with Gasteiger partial charge in [0.25, 0.3) is 0 Å².